The molecule has 2 aromatic rings. The summed E-state index contributed by atoms with van der Waals surface area (Å²) in [6, 6.07) is 6.84. The van der Waals surface area contributed by atoms with Crippen molar-refractivity contribution < 1.29 is 4.39 Å². The van der Waals surface area contributed by atoms with Gasteiger partial charge in [-0.3, -0.25) is 4.68 Å². The highest BCUT2D eigenvalue weighted by atomic mass is 19.1. The van der Waals surface area contributed by atoms with E-state index in [1.165, 1.54) is 6.07 Å². The van der Waals surface area contributed by atoms with E-state index in [1.54, 1.807) is 12.3 Å². The molecule has 0 aliphatic heterocycles. The van der Waals surface area contributed by atoms with Crippen molar-refractivity contribution in [3.05, 3.63) is 53.6 Å². The number of aromatic nitrogens is 2. The monoisotopic (exact) mass is 247 g/mol. The van der Waals surface area contributed by atoms with Crippen LogP contribution in [0.2, 0.25) is 0 Å². The van der Waals surface area contributed by atoms with Gasteiger partial charge in [0.1, 0.15) is 5.82 Å². The van der Waals surface area contributed by atoms with Crippen molar-refractivity contribution in [3.63, 3.8) is 0 Å². The van der Waals surface area contributed by atoms with Crippen LogP contribution in [0.1, 0.15) is 17.5 Å². The third kappa shape index (κ3) is 3.67. The van der Waals surface area contributed by atoms with Crippen LogP contribution < -0.4 is 5.32 Å². The highest BCUT2D eigenvalue weighted by Gasteiger charge is 1.99. The summed E-state index contributed by atoms with van der Waals surface area (Å²) >= 11 is 0. The van der Waals surface area contributed by atoms with Crippen LogP contribution in [-0.4, -0.2) is 16.3 Å². The quantitative estimate of drug-likeness (QED) is 0.795. The van der Waals surface area contributed by atoms with Crippen molar-refractivity contribution in [2.45, 2.75) is 26.4 Å². The topological polar surface area (TPSA) is 29.9 Å². The van der Waals surface area contributed by atoms with Gasteiger partial charge in [0.2, 0.25) is 0 Å². The predicted molar refractivity (Wildman–Crippen MR) is 69.7 cm³/mol. The van der Waals surface area contributed by atoms with Crippen LogP contribution in [0.3, 0.4) is 0 Å². The molecule has 0 radical (unpaired) electrons. The molecule has 1 aromatic heterocycles. The zero-order chi connectivity index (χ0) is 12.8. The molecular formula is C14H18FN3. The van der Waals surface area contributed by atoms with Crippen molar-refractivity contribution in [2.75, 3.05) is 6.54 Å². The van der Waals surface area contributed by atoms with Gasteiger partial charge in [-0.25, -0.2) is 4.39 Å². The third-order valence-corrected chi connectivity index (χ3v) is 2.92. The lowest BCUT2D eigenvalue weighted by Gasteiger charge is -2.08. The number of hydrogen-bond acceptors (Lipinski definition) is 2. The van der Waals surface area contributed by atoms with E-state index in [0.29, 0.717) is 0 Å². The molecule has 0 amide bonds. The highest BCUT2D eigenvalue weighted by molar-refractivity contribution is 5.26. The summed E-state index contributed by atoms with van der Waals surface area (Å²) in [5.41, 5.74) is 2.14. The summed E-state index contributed by atoms with van der Waals surface area (Å²) in [5.74, 6) is -0.171. The Morgan fingerprint density at radius 2 is 2.28 bits per heavy atom. The largest absolute Gasteiger partial charge is 0.313 e. The lowest BCUT2D eigenvalue weighted by Crippen LogP contribution is -2.17. The number of aryl methyl sites for hydroxylation is 2. The minimum absolute atomic E-state index is 0.171. The average molecular weight is 247 g/mol. The molecule has 0 spiro atoms. The normalized spacial score (nSPS) is 10.8. The van der Waals surface area contributed by atoms with Crippen LogP contribution in [0.15, 0.2) is 36.7 Å². The SMILES string of the molecule is Cc1cc(F)ccc1CNCCCn1cccn1. The Labute approximate surface area is 107 Å². The van der Waals surface area contributed by atoms with E-state index >= 15 is 0 Å². The van der Waals surface area contributed by atoms with Crippen molar-refractivity contribution in [1.29, 1.82) is 0 Å². The second kappa shape index (κ2) is 6.31. The number of nitrogens with one attached hydrogen (secondary N) is 1. The summed E-state index contributed by atoms with van der Waals surface area (Å²) < 4.78 is 14.8. The first-order valence-corrected chi connectivity index (χ1v) is 6.19. The maximum Gasteiger partial charge on any atom is 0.123 e. The molecule has 0 saturated heterocycles. The smallest absolute Gasteiger partial charge is 0.123 e. The summed E-state index contributed by atoms with van der Waals surface area (Å²) in [6.45, 7) is 4.56. The maximum absolute atomic E-state index is 12.9. The van der Waals surface area contributed by atoms with E-state index in [0.717, 1.165) is 37.2 Å². The first-order valence-electron chi connectivity index (χ1n) is 6.19. The number of halogens is 1. The molecule has 0 unspecified atom stereocenters. The summed E-state index contributed by atoms with van der Waals surface area (Å²) in [6.07, 6.45) is 4.78. The van der Waals surface area contributed by atoms with Crippen LogP contribution in [0.25, 0.3) is 0 Å². The van der Waals surface area contributed by atoms with Crippen LogP contribution >= 0.6 is 0 Å². The molecule has 0 aliphatic carbocycles. The van der Waals surface area contributed by atoms with Crippen LogP contribution in [0.4, 0.5) is 4.39 Å². The molecule has 1 N–H and O–H groups in total. The van der Waals surface area contributed by atoms with Crippen LogP contribution in [-0.2, 0) is 13.1 Å². The number of benzene rings is 1. The van der Waals surface area contributed by atoms with Gasteiger partial charge in [0.05, 0.1) is 0 Å². The maximum atomic E-state index is 12.9. The number of rotatable bonds is 6. The van der Waals surface area contributed by atoms with E-state index in [-0.39, 0.29) is 5.82 Å². The Morgan fingerprint density at radius 1 is 1.39 bits per heavy atom. The van der Waals surface area contributed by atoms with Gasteiger partial charge in [0.15, 0.2) is 0 Å². The fourth-order valence-corrected chi connectivity index (χ4v) is 1.88. The summed E-state index contributed by atoms with van der Waals surface area (Å²) in [7, 11) is 0. The molecule has 2 rings (SSSR count). The lowest BCUT2D eigenvalue weighted by atomic mass is 10.1. The molecule has 1 aromatic carbocycles. The van der Waals surface area contributed by atoms with Gasteiger partial charge in [-0.2, -0.15) is 5.10 Å². The Hall–Kier alpha value is -1.68. The van der Waals surface area contributed by atoms with Gasteiger partial charge >= 0.3 is 0 Å². The standard InChI is InChI=1S/C14H18FN3/c1-12-10-14(15)5-4-13(12)11-16-6-2-8-18-9-3-7-17-18/h3-5,7,9-10,16H,2,6,8,11H2,1H3. The van der Waals surface area contributed by atoms with Crippen LogP contribution in [0.5, 0.6) is 0 Å². The van der Waals surface area contributed by atoms with E-state index in [1.807, 2.05) is 29.9 Å². The second-order valence-corrected chi connectivity index (χ2v) is 4.37. The van der Waals surface area contributed by atoms with E-state index in [9.17, 15) is 4.39 Å². The summed E-state index contributed by atoms with van der Waals surface area (Å²) in [4.78, 5) is 0. The molecule has 96 valence electrons. The molecule has 0 saturated carbocycles. The third-order valence-electron chi connectivity index (χ3n) is 2.92. The Bertz CT molecular complexity index is 480. The highest BCUT2D eigenvalue weighted by Crippen LogP contribution is 2.09. The first-order chi connectivity index (χ1) is 8.75. The molecule has 0 bridgehead atoms. The van der Waals surface area contributed by atoms with Gasteiger partial charge in [-0.15, -0.1) is 0 Å². The van der Waals surface area contributed by atoms with Crippen molar-refractivity contribution in [1.82, 2.24) is 15.1 Å². The van der Waals surface area contributed by atoms with Gasteiger partial charge in [-0.05, 0) is 49.2 Å². The van der Waals surface area contributed by atoms with Gasteiger partial charge in [0.25, 0.3) is 0 Å². The van der Waals surface area contributed by atoms with Gasteiger partial charge in [-0.1, -0.05) is 6.07 Å². The molecule has 0 fully saturated rings. The van der Waals surface area contributed by atoms with Gasteiger partial charge in [0, 0.05) is 25.5 Å². The Morgan fingerprint density at radius 3 is 3.00 bits per heavy atom. The van der Waals surface area contributed by atoms with Crippen LogP contribution in [0, 0.1) is 12.7 Å². The second-order valence-electron chi connectivity index (χ2n) is 4.37. The molecule has 3 nitrogen and oxygen atoms in total. The molecule has 4 heteroatoms. The van der Waals surface area contributed by atoms with E-state index in [4.69, 9.17) is 0 Å². The van der Waals surface area contributed by atoms with Crippen molar-refractivity contribution >= 4 is 0 Å². The van der Waals surface area contributed by atoms with Crippen molar-refractivity contribution in [2.24, 2.45) is 0 Å². The predicted octanol–water partition coefficient (Wildman–Crippen LogP) is 2.51. The number of hydrogen-bond donors (Lipinski definition) is 1. The minimum Gasteiger partial charge on any atom is -0.313 e. The molecule has 0 aliphatic rings. The average Bonchev–Trinajstić information content (AvgIpc) is 2.84. The Kier molecular flexibility index (Phi) is 4.47. The minimum atomic E-state index is -0.171. The molecule has 0 atom stereocenters. The fraction of sp³-hybridized carbons (Fsp3) is 0.357. The van der Waals surface area contributed by atoms with Crippen molar-refractivity contribution in [3.8, 4) is 0 Å². The lowest BCUT2D eigenvalue weighted by molar-refractivity contribution is 0.542. The molecule has 18 heavy (non-hydrogen) atoms. The van der Waals surface area contributed by atoms with E-state index < -0.39 is 0 Å². The van der Waals surface area contributed by atoms with E-state index in [2.05, 4.69) is 10.4 Å². The Balaban J connectivity index is 1.69. The zero-order valence-electron chi connectivity index (χ0n) is 10.6. The first kappa shape index (κ1) is 12.8. The van der Waals surface area contributed by atoms with Gasteiger partial charge < -0.3 is 5.32 Å². The number of nitrogens with zero attached hydrogens (tertiary/aromatic N) is 2. The fourth-order valence-electron chi connectivity index (χ4n) is 1.88. The molecular weight excluding hydrogens is 229 g/mol. The molecule has 1 heterocycles. The zero-order valence-corrected chi connectivity index (χ0v) is 10.6. The summed E-state index contributed by atoms with van der Waals surface area (Å²) in [5, 5.41) is 7.50.